The Bertz CT molecular complexity index is 393. The van der Waals surface area contributed by atoms with Crippen molar-refractivity contribution < 1.29 is 29.3 Å². The van der Waals surface area contributed by atoms with Crippen LogP contribution in [0.15, 0.2) is 0 Å². The molecular formula is C11H19O6P. The van der Waals surface area contributed by atoms with Gasteiger partial charge >= 0.3 is 11.9 Å². The quantitative estimate of drug-likeness (QED) is 0.608. The summed E-state index contributed by atoms with van der Waals surface area (Å²) >= 11 is 0. The maximum atomic E-state index is 12.0. The number of rotatable bonds is 7. The van der Waals surface area contributed by atoms with Crippen LogP contribution in [-0.2, 0) is 14.2 Å². The zero-order valence-electron chi connectivity index (χ0n) is 10.4. The third-order valence-electron chi connectivity index (χ3n) is 3.60. The first-order valence-corrected chi connectivity index (χ1v) is 7.90. The van der Waals surface area contributed by atoms with E-state index < -0.39 is 42.7 Å². The molecule has 0 heterocycles. The first-order valence-electron chi connectivity index (χ1n) is 5.99. The van der Waals surface area contributed by atoms with Crippen LogP contribution < -0.4 is 0 Å². The molecule has 7 heteroatoms. The fraction of sp³-hybridized carbons (Fsp3) is 0.818. The van der Waals surface area contributed by atoms with E-state index in [0.717, 1.165) is 0 Å². The van der Waals surface area contributed by atoms with Crippen molar-refractivity contribution in [3.8, 4) is 0 Å². The third kappa shape index (κ3) is 3.12. The van der Waals surface area contributed by atoms with Gasteiger partial charge in [0.25, 0.3) is 0 Å². The second-order valence-electron chi connectivity index (χ2n) is 4.93. The van der Waals surface area contributed by atoms with E-state index >= 15 is 0 Å². The highest BCUT2D eigenvalue weighted by Crippen LogP contribution is 2.56. The highest BCUT2D eigenvalue weighted by Gasteiger charge is 2.54. The van der Waals surface area contributed by atoms with Crippen molar-refractivity contribution in [2.24, 2.45) is 17.8 Å². The normalized spacial score (nSPS) is 29.1. The molecule has 0 spiro atoms. The van der Waals surface area contributed by atoms with Gasteiger partial charge in [-0.15, -0.1) is 0 Å². The Hall–Kier alpha value is -0.870. The molecule has 104 valence electrons. The standard InChI is InChI=1S/C11H19O6P/c1-3-4-18(16,17)6(2)9(11(14)15)7-5-8(7)10(12)13/h6-9H,3-5H2,1-2H3,(H,12,13)(H,14,15)(H,16,17). The molecule has 5 atom stereocenters. The van der Waals surface area contributed by atoms with Crippen molar-refractivity contribution in [2.75, 3.05) is 6.16 Å². The topological polar surface area (TPSA) is 112 Å². The summed E-state index contributed by atoms with van der Waals surface area (Å²) < 4.78 is 12.0. The van der Waals surface area contributed by atoms with Crippen LogP contribution in [0.4, 0.5) is 0 Å². The molecule has 1 saturated carbocycles. The predicted octanol–water partition coefficient (Wildman–Crippen LogP) is 1.48. The van der Waals surface area contributed by atoms with Gasteiger partial charge in [-0.05, 0) is 18.8 Å². The van der Waals surface area contributed by atoms with Crippen LogP contribution >= 0.6 is 7.37 Å². The summed E-state index contributed by atoms with van der Waals surface area (Å²) in [6.45, 7) is 3.19. The van der Waals surface area contributed by atoms with Crippen molar-refractivity contribution in [3.05, 3.63) is 0 Å². The number of carboxylic acids is 2. The van der Waals surface area contributed by atoms with Gasteiger partial charge in [-0.1, -0.05) is 13.8 Å². The molecule has 1 aliphatic rings. The van der Waals surface area contributed by atoms with Crippen molar-refractivity contribution in [2.45, 2.75) is 32.3 Å². The lowest BCUT2D eigenvalue weighted by atomic mass is 9.99. The molecule has 0 saturated heterocycles. The van der Waals surface area contributed by atoms with Crippen molar-refractivity contribution in [3.63, 3.8) is 0 Å². The zero-order chi connectivity index (χ0) is 14.1. The summed E-state index contributed by atoms with van der Waals surface area (Å²) in [6.07, 6.45) is 0.850. The first-order chi connectivity index (χ1) is 8.22. The third-order valence-corrected chi connectivity index (χ3v) is 6.29. The van der Waals surface area contributed by atoms with E-state index in [1.807, 2.05) is 0 Å². The number of carbonyl (C=O) groups is 2. The second-order valence-corrected chi connectivity index (χ2v) is 7.70. The Morgan fingerprint density at radius 1 is 1.39 bits per heavy atom. The van der Waals surface area contributed by atoms with Gasteiger partial charge in [0, 0.05) is 11.8 Å². The Kier molecular flexibility index (Phi) is 4.56. The van der Waals surface area contributed by atoms with E-state index in [4.69, 9.17) is 10.2 Å². The van der Waals surface area contributed by atoms with Gasteiger partial charge in [0.1, 0.15) is 0 Å². The van der Waals surface area contributed by atoms with E-state index in [0.29, 0.717) is 6.42 Å². The fourth-order valence-corrected chi connectivity index (χ4v) is 4.32. The van der Waals surface area contributed by atoms with Crippen LogP contribution in [0.3, 0.4) is 0 Å². The lowest BCUT2D eigenvalue weighted by Gasteiger charge is -2.25. The highest BCUT2D eigenvalue weighted by molar-refractivity contribution is 7.58. The molecular weight excluding hydrogens is 259 g/mol. The van der Waals surface area contributed by atoms with Crippen molar-refractivity contribution in [1.82, 2.24) is 0 Å². The van der Waals surface area contributed by atoms with Crippen LogP contribution in [0.2, 0.25) is 0 Å². The largest absolute Gasteiger partial charge is 0.481 e. The van der Waals surface area contributed by atoms with E-state index in [9.17, 15) is 19.0 Å². The summed E-state index contributed by atoms with van der Waals surface area (Å²) in [4.78, 5) is 31.8. The first kappa shape index (κ1) is 15.2. The number of hydrogen-bond acceptors (Lipinski definition) is 3. The van der Waals surface area contributed by atoms with Gasteiger partial charge in [-0.3, -0.25) is 14.2 Å². The van der Waals surface area contributed by atoms with E-state index in [1.54, 1.807) is 6.92 Å². The molecule has 1 fully saturated rings. The molecule has 5 unspecified atom stereocenters. The van der Waals surface area contributed by atoms with Crippen molar-refractivity contribution in [1.29, 1.82) is 0 Å². The number of aliphatic carboxylic acids is 2. The summed E-state index contributed by atoms with van der Waals surface area (Å²) in [5.74, 6) is -4.46. The Labute approximate surface area is 105 Å². The molecule has 1 aliphatic carbocycles. The predicted molar refractivity (Wildman–Crippen MR) is 64.8 cm³/mol. The van der Waals surface area contributed by atoms with Crippen molar-refractivity contribution >= 4 is 19.3 Å². The average molecular weight is 278 g/mol. The monoisotopic (exact) mass is 278 g/mol. The van der Waals surface area contributed by atoms with Crippen LogP contribution in [0, 0.1) is 17.8 Å². The highest BCUT2D eigenvalue weighted by atomic mass is 31.2. The summed E-state index contributed by atoms with van der Waals surface area (Å²) in [7, 11) is -3.54. The molecule has 1 rings (SSSR count). The number of carboxylic acid groups (broad SMARTS) is 2. The minimum atomic E-state index is -3.54. The summed E-state index contributed by atoms with van der Waals surface area (Å²) in [5.41, 5.74) is -0.899. The molecule has 18 heavy (non-hydrogen) atoms. The van der Waals surface area contributed by atoms with Gasteiger partial charge in [-0.2, -0.15) is 0 Å². The lowest BCUT2D eigenvalue weighted by Crippen LogP contribution is -2.30. The average Bonchev–Trinajstić information content (AvgIpc) is 2.97. The summed E-state index contributed by atoms with van der Waals surface area (Å²) in [6, 6.07) is 0. The van der Waals surface area contributed by atoms with Gasteiger partial charge in [0.2, 0.25) is 7.37 Å². The molecule has 6 nitrogen and oxygen atoms in total. The summed E-state index contributed by atoms with van der Waals surface area (Å²) in [5, 5.41) is 18.0. The lowest BCUT2D eigenvalue weighted by molar-refractivity contribution is -0.143. The second kappa shape index (κ2) is 5.41. The fourth-order valence-electron chi connectivity index (χ4n) is 2.42. The molecule has 0 bridgehead atoms. The minimum absolute atomic E-state index is 0.0718. The Morgan fingerprint density at radius 3 is 2.28 bits per heavy atom. The van der Waals surface area contributed by atoms with Crippen LogP contribution in [0.5, 0.6) is 0 Å². The number of hydrogen-bond donors (Lipinski definition) is 3. The van der Waals surface area contributed by atoms with Gasteiger partial charge in [0.05, 0.1) is 11.8 Å². The van der Waals surface area contributed by atoms with E-state index in [2.05, 4.69) is 0 Å². The van der Waals surface area contributed by atoms with Gasteiger partial charge in [-0.25, -0.2) is 0 Å². The minimum Gasteiger partial charge on any atom is -0.481 e. The maximum Gasteiger partial charge on any atom is 0.307 e. The molecule has 0 radical (unpaired) electrons. The molecule has 0 amide bonds. The smallest absolute Gasteiger partial charge is 0.307 e. The van der Waals surface area contributed by atoms with Gasteiger partial charge in [0.15, 0.2) is 0 Å². The maximum absolute atomic E-state index is 12.0. The van der Waals surface area contributed by atoms with E-state index in [-0.39, 0.29) is 12.6 Å². The molecule has 0 aromatic heterocycles. The SMILES string of the molecule is CCCP(=O)(O)C(C)C(C(=O)O)C1CC1C(=O)O. The van der Waals surface area contributed by atoms with Crippen LogP contribution in [-0.4, -0.2) is 38.9 Å². The van der Waals surface area contributed by atoms with Gasteiger partial charge < -0.3 is 15.1 Å². The molecule has 0 aliphatic heterocycles. The van der Waals surface area contributed by atoms with E-state index in [1.165, 1.54) is 6.92 Å². The molecule has 0 aromatic rings. The van der Waals surface area contributed by atoms with Crippen LogP contribution in [0.1, 0.15) is 26.7 Å². The molecule has 0 aromatic carbocycles. The zero-order valence-corrected chi connectivity index (χ0v) is 11.3. The molecule has 3 N–H and O–H groups in total. The van der Waals surface area contributed by atoms with Crippen LogP contribution in [0.25, 0.3) is 0 Å². The Morgan fingerprint density at radius 2 is 1.94 bits per heavy atom. The Balaban J connectivity index is 2.84.